The highest BCUT2D eigenvalue weighted by Crippen LogP contribution is 2.39. The van der Waals surface area contributed by atoms with Gasteiger partial charge in [0.15, 0.2) is 0 Å². The standard InChI is InChI=1S/C23H28ClN7O3/c1-23(2,3)34-22(33)25-20(15-5-4-6-16(24)13-15)14-7-9-17(10-8-14)31-19(32)12-11-18(28-31)21-26-29-30-27-21/h4-6,11-14,17,20H,7-10H2,1-3H3,(H,25,33)(H,26,27,29,30). The second-order valence-electron chi connectivity index (χ2n) is 9.48. The van der Waals surface area contributed by atoms with Crippen LogP contribution >= 0.6 is 11.6 Å². The SMILES string of the molecule is CC(C)(C)OC(=O)NC(c1cccc(Cl)c1)C1CCC(n2nc(-c3nn[nH]n3)ccc2=O)CC1. The normalized spacial score (nSPS) is 19.4. The van der Waals surface area contributed by atoms with Gasteiger partial charge in [0, 0.05) is 11.1 Å². The lowest BCUT2D eigenvalue weighted by molar-refractivity contribution is 0.0471. The van der Waals surface area contributed by atoms with Gasteiger partial charge in [-0.1, -0.05) is 23.7 Å². The van der Waals surface area contributed by atoms with Gasteiger partial charge in [-0.3, -0.25) is 4.79 Å². The third kappa shape index (κ3) is 5.80. The molecule has 1 amide bonds. The van der Waals surface area contributed by atoms with Crippen LogP contribution in [-0.4, -0.2) is 42.1 Å². The molecule has 34 heavy (non-hydrogen) atoms. The highest BCUT2D eigenvalue weighted by atomic mass is 35.5. The predicted molar refractivity (Wildman–Crippen MR) is 126 cm³/mol. The van der Waals surface area contributed by atoms with E-state index in [9.17, 15) is 9.59 Å². The topological polar surface area (TPSA) is 128 Å². The summed E-state index contributed by atoms with van der Waals surface area (Å²) in [6.45, 7) is 5.50. The minimum atomic E-state index is -0.600. The molecule has 0 aliphatic heterocycles. The summed E-state index contributed by atoms with van der Waals surface area (Å²) in [6.07, 6.45) is 2.59. The van der Waals surface area contributed by atoms with E-state index in [4.69, 9.17) is 16.3 Å². The van der Waals surface area contributed by atoms with Crippen LogP contribution in [0.2, 0.25) is 5.02 Å². The van der Waals surface area contributed by atoms with Gasteiger partial charge in [0.25, 0.3) is 5.56 Å². The summed E-state index contributed by atoms with van der Waals surface area (Å²) in [4.78, 5) is 25.2. The molecule has 2 heterocycles. The molecule has 1 fully saturated rings. The van der Waals surface area contributed by atoms with Gasteiger partial charge < -0.3 is 10.1 Å². The fourth-order valence-corrected chi connectivity index (χ4v) is 4.56. The fraction of sp³-hybridized carbons (Fsp3) is 0.478. The number of ether oxygens (including phenoxy) is 1. The Morgan fingerprint density at radius 1 is 1.21 bits per heavy atom. The second-order valence-corrected chi connectivity index (χ2v) is 9.92. The van der Waals surface area contributed by atoms with Gasteiger partial charge >= 0.3 is 6.09 Å². The third-order valence-electron chi connectivity index (χ3n) is 5.84. The predicted octanol–water partition coefficient (Wildman–Crippen LogP) is 4.07. The first kappa shape index (κ1) is 23.9. The molecule has 10 nitrogen and oxygen atoms in total. The molecule has 1 atom stereocenters. The summed E-state index contributed by atoms with van der Waals surface area (Å²) in [5.41, 5.74) is 0.640. The van der Waals surface area contributed by atoms with E-state index in [2.05, 4.69) is 31.0 Å². The molecule has 4 rings (SSSR count). The molecule has 11 heteroatoms. The molecule has 0 radical (unpaired) electrons. The van der Waals surface area contributed by atoms with Crippen molar-refractivity contribution in [2.45, 2.75) is 64.1 Å². The lowest BCUT2D eigenvalue weighted by Crippen LogP contribution is -2.39. The zero-order valence-corrected chi connectivity index (χ0v) is 20.1. The summed E-state index contributed by atoms with van der Waals surface area (Å²) < 4.78 is 7.02. The first-order valence-corrected chi connectivity index (χ1v) is 11.7. The molecule has 0 spiro atoms. The minimum absolute atomic E-state index is 0.0582. The number of carbonyl (C=O) groups excluding carboxylic acids is 1. The largest absolute Gasteiger partial charge is 0.444 e. The Bertz CT molecular complexity index is 1180. The number of carbonyl (C=O) groups is 1. The van der Waals surface area contributed by atoms with Crippen LogP contribution in [0, 0.1) is 5.92 Å². The Morgan fingerprint density at radius 2 is 1.97 bits per heavy atom. The summed E-state index contributed by atoms with van der Waals surface area (Å²) in [5.74, 6) is 0.489. The molecule has 1 aliphatic carbocycles. The van der Waals surface area contributed by atoms with Crippen molar-refractivity contribution in [3.63, 3.8) is 0 Å². The van der Waals surface area contributed by atoms with Gasteiger partial charge in [0.05, 0.1) is 12.1 Å². The van der Waals surface area contributed by atoms with Gasteiger partial charge in [-0.05, 0) is 81.3 Å². The van der Waals surface area contributed by atoms with Gasteiger partial charge in [-0.2, -0.15) is 10.3 Å². The maximum Gasteiger partial charge on any atom is 0.408 e. The van der Waals surface area contributed by atoms with E-state index >= 15 is 0 Å². The summed E-state index contributed by atoms with van der Waals surface area (Å²) in [5, 5.41) is 22.0. The van der Waals surface area contributed by atoms with Crippen LogP contribution < -0.4 is 10.9 Å². The Morgan fingerprint density at radius 3 is 2.62 bits per heavy atom. The van der Waals surface area contributed by atoms with Crippen LogP contribution in [0.4, 0.5) is 4.79 Å². The van der Waals surface area contributed by atoms with Crippen molar-refractivity contribution in [2.75, 3.05) is 0 Å². The molecule has 1 unspecified atom stereocenters. The van der Waals surface area contributed by atoms with E-state index in [1.54, 1.807) is 12.1 Å². The minimum Gasteiger partial charge on any atom is -0.444 e. The molecular weight excluding hydrogens is 458 g/mol. The van der Waals surface area contributed by atoms with Gasteiger partial charge in [0.2, 0.25) is 5.82 Å². The average molecular weight is 486 g/mol. The van der Waals surface area contributed by atoms with Crippen molar-refractivity contribution >= 4 is 17.7 Å². The van der Waals surface area contributed by atoms with Gasteiger partial charge in [0.1, 0.15) is 11.3 Å². The smallest absolute Gasteiger partial charge is 0.408 e. The van der Waals surface area contributed by atoms with Crippen molar-refractivity contribution < 1.29 is 9.53 Å². The number of alkyl carbamates (subject to hydrolysis) is 1. The molecular formula is C23H28ClN7O3. The number of H-pyrrole nitrogens is 1. The van der Waals surface area contributed by atoms with Crippen molar-refractivity contribution in [1.29, 1.82) is 0 Å². The number of amides is 1. The van der Waals surface area contributed by atoms with Gasteiger partial charge in [-0.25, -0.2) is 9.48 Å². The third-order valence-corrected chi connectivity index (χ3v) is 6.07. The first-order chi connectivity index (χ1) is 16.2. The van der Waals surface area contributed by atoms with Crippen molar-refractivity contribution in [3.8, 4) is 11.5 Å². The van der Waals surface area contributed by atoms with Crippen molar-refractivity contribution in [3.05, 3.63) is 57.3 Å². The average Bonchev–Trinajstić information content (AvgIpc) is 3.32. The summed E-state index contributed by atoms with van der Waals surface area (Å²) in [7, 11) is 0. The van der Waals surface area contributed by atoms with Crippen LogP contribution in [0.15, 0.2) is 41.2 Å². The van der Waals surface area contributed by atoms with Crippen LogP contribution in [0.5, 0.6) is 0 Å². The highest BCUT2D eigenvalue weighted by molar-refractivity contribution is 6.30. The summed E-state index contributed by atoms with van der Waals surface area (Å²) >= 11 is 6.24. The number of nitrogens with one attached hydrogen (secondary N) is 2. The number of hydrogen-bond acceptors (Lipinski definition) is 7. The lowest BCUT2D eigenvalue weighted by Gasteiger charge is -2.35. The zero-order chi connectivity index (χ0) is 24.3. The fourth-order valence-electron chi connectivity index (χ4n) is 4.36. The Balaban J connectivity index is 1.51. The number of nitrogens with zero attached hydrogens (tertiary/aromatic N) is 5. The number of hydrogen-bond donors (Lipinski definition) is 2. The van der Waals surface area contributed by atoms with Crippen molar-refractivity contribution in [1.82, 2.24) is 35.7 Å². The van der Waals surface area contributed by atoms with Crippen LogP contribution in [0.25, 0.3) is 11.5 Å². The maximum atomic E-state index is 12.6. The molecule has 2 aromatic heterocycles. The van der Waals surface area contributed by atoms with Crippen LogP contribution in [0.3, 0.4) is 0 Å². The molecule has 1 aromatic carbocycles. The number of aromatic nitrogens is 6. The molecule has 2 N–H and O–H groups in total. The van der Waals surface area contributed by atoms with Gasteiger partial charge in [-0.15, -0.1) is 10.2 Å². The number of aromatic amines is 1. The monoisotopic (exact) mass is 485 g/mol. The summed E-state index contributed by atoms with van der Waals surface area (Å²) in [6, 6.07) is 10.3. The highest BCUT2D eigenvalue weighted by Gasteiger charge is 2.32. The number of halogens is 1. The van der Waals surface area contributed by atoms with E-state index in [0.717, 1.165) is 31.2 Å². The van der Waals surface area contributed by atoms with E-state index in [1.165, 1.54) is 10.7 Å². The molecule has 0 bridgehead atoms. The molecule has 180 valence electrons. The van der Waals surface area contributed by atoms with E-state index in [1.807, 2.05) is 39.0 Å². The maximum absolute atomic E-state index is 12.6. The first-order valence-electron chi connectivity index (χ1n) is 11.3. The Labute approximate surface area is 202 Å². The molecule has 1 aliphatic rings. The number of benzene rings is 1. The molecule has 3 aromatic rings. The Hall–Kier alpha value is -3.27. The van der Waals surface area contributed by atoms with E-state index < -0.39 is 11.7 Å². The quantitative estimate of drug-likeness (QED) is 0.557. The van der Waals surface area contributed by atoms with E-state index in [0.29, 0.717) is 16.5 Å². The molecule has 1 saturated carbocycles. The van der Waals surface area contributed by atoms with E-state index in [-0.39, 0.29) is 23.6 Å². The second kappa shape index (κ2) is 9.92. The number of rotatable bonds is 5. The van der Waals surface area contributed by atoms with Crippen LogP contribution in [0.1, 0.15) is 64.1 Å². The van der Waals surface area contributed by atoms with Crippen LogP contribution in [-0.2, 0) is 4.74 Å². The lowest BCUT2D eigenvalue weighted by atomic mass is 9.79. The zero-order valence-electron chi connectivity index (χ0n) is 19.4. The van der Waals surface area contributed by atoms with Crippen molar-refractivity contribution in [2.24, 2.45) is 5.92 Å². The molecule has 0 saturated heterocycles. The Kier molecular flexibility index (Phi) is 6.97. The number of tetrazole rings is 1.